The first-order valence-electron chi connectivity index (χ1n) is 50.3. The van der Waals surface area contributed by atoms with Crippen LogP contribution in [0.3, 0.4) is 0 Å². The second-order valence-corrected chi connectivity index (χ2v) is 41.4. The lowest BCUT2D eigenvalue weighted by Crippen LogP contribution is -2.26. The topological polar surface area (TPSA) is 64.5 Å². The van der Waals surface area contributed by atoms with Gasteiger partial charge in [0.15, 0.2) is 0 Å². The molecule has 8 aliphatic heterocycles. The van der Waals surface area contributed by atoms with Gasteiger partial charge in [-0.1, -0.05) is 249 Å². The number of hydrogen-bond acceptors (Lipinski definition) is 8. The van der Waals surface area contributed by atoms with Gasteiger partial charge in [-0.15, -0.1) is 0 Å². The molecular formula is C132H88N8. The Morgan fingerprint density at radius 3 is 0.871 bits per heavy atom. The number of para-hydroxylation sites is 4. The van der Waals surface area contributed by atoms with Gasteiger partial charge in [-0.25, -0.2) is 4.98 Å². The van der Waals surface area contributed by atoms with E-state index in [1.54, 1.807) is 0 Å². The third kappa shape index (κ3) is 10.6. The van der Waals surface area contributed by atoms with Crippen molar-refractivity contribution in [1.29, 1.82) is 0 Å². The van der Waals surface area contributed by atoms with Crippen LogP contribution in [0.1, 0.15) is 178 Å². The second kappa shape index (κ2) is 28.5. The molecule has 0 unspecified atom stereocenters. The number of anilines is 12. The average Bonchev–Trinajstić information content (AvgIpc) is 1.44. The summed E-state index contributed by atoms with van der Waals surface area (Å²) in [5, 5.41) is 0. The Balaban J connectivity index is 0.0000000829. The highest BCUT2D eigenvalue weighted by atomic mass is 15.2. The van der Waals surface area contributed by atoms with E-state index in [1.165, 1.54) is 330 Å². The smallest absolute Gasteiger partial charge is 0.141 e. The van der Waals surface area contributed by atoms with Gasteiger partial charge in [0.1, 0.15) is 5.82 Å². The van der Waals surface area contributed by atoms with Gasteiger partial charge in [0.2, 0.25) is 0 Å². The molecular weight excluding hydrogens is 1700 g/mol. The fourth-order valence-electron chi connectivity index (χ4n) is 28.8. The van der Waals surface area contributed by atoms with Gasteiger partial charge in [-0.2, -0.15) is 0 Å². The van der Waals surface area contributed by atoms with Crippen LogP contribution in [0.25, 0.3) is 89.0 Å². The van der Waals surface area contributed by atoms with E-state index in [0.717, 1.165) is 109 Å². The number of benzene rings is 16. The molecule has 36 rings (SSSR count). The number of pyridine rings is 4. The van der Waals surface area contributed by atoms with Crippen molar-refractivity contribution in [2.24, 2.45) is 0 Å². The molecule has 0 spiro atoms. The third-order valence-corrected chi connectivity index (χ3v) is 34.4. The van der Waals surface area contributed by atoms with Crippen LogP contribution in [0.15, 0.2) is 340 Å². The van der Waals surface area contributed by atoms with Crippen molar-refractivity contribution in [3.63, 3.8) is 0 Å². The molecule has 0 atom stereocenters. The molecule has 12 heterocycles. The lowest BCUT2D eigenvalue weighted by Gasteiger charge is -2.40. The Kier molecular flexibility index (Phi) is 15.6. The summed E-state index contributed by atoms with van der Waals surface area (Å²) in [7, 11) is 0. The van der Waals surface area contributed by atoms with E-state index in [2.05, 4.69) is 339 Å². The summed E-state index contributed by atoms with van der Waals surface area (Å²) in [6.07, 6.45) is 27.9. The van der Waals surface area contributed by atoms with Gasteiger partial charge in [-0.3, -0.25) is 19.9 Å². The number of hydrogen-bond donors (Lipinski definition) is 0. The van der Waals surface area contributed by atoms with Crippen LogP contribution < -0.4 is 19.6 Å². The first-order valence-corrected chi connectivity index (χ1v) is 50.3. The van der Waals surface area contributed by atoms with Crippen molar-refractivity contribution < 1.29 is 0 Å². The van der Waals surface area contributed by atoms with Crippen LogP contribution in [0, 0.1) is 0 Å². The quantitative estimate of drug-likeness (QED) is 0.149. The fraction of sp³-hybridized carbons (Fsp3) is 0.121. The molecule has 20 aromatic rings. The summed E-state index contributed by atoms with van der Waals surface area (Å²) < 4.78 is 0. The summed E-state index contributed by atoms with van der Waals surface area (Å²) in [4.78, 5) is 28.7. The highest BCUT2D eigenvalue weighted by Gasteiger charge is 2.45. The molecule has 140 heavy (non-hydrogen) atoms. The van der Waals surface area contributed by atoms with E-state index in [4.69, 9.17) is 9.97 Å². The molecule has 0 radical (unpaired) electrons. The molecule has 0 N–H and O–H groups in total. The van der Waals surface area contributed by atoms with E-state index in [1.807, 2.05) is 31.0 Å². The normalized spacial score (nSPS) is 14.9. The lowest BCUT2D eigenvalue weighted by molar-refractivity contribution is 0.971. The van der Waals surface area contributed by atoms with E-state index in [0.29, 0.717) is 0 Å². The summed E-state index contributed by atoms with van der Waals surface area (Å²) in [5.41, 5.74) is 84.1. The second-order valence-electron chi connectivity index (χ2n) is 41.4. The first-order chi connectivity index (χ1) is 69.4. The minimum Gasteiger partial charge on any atom is -0.309 e. The van der Waals surface area contributed by atoms with Crippen molar-refractivity contribution >= 4 is 68.4 Å². The minimum atomic E-state index is 0.907. The van der Waals surface area contributed by atoms with E-state index in [-0.39, 0.29) is 0 Å². The molecule has 0 bridgehead atoms. The summed E-state index contributed by atoms with van der Waals surface area (Å²) in [6, 6.07) is 114. The number of nitrogens with zero attached hydrogens (tertiary/aromatic N) is 8. The molecule has 0 amide bonds. The van der Waals surface area contributed by atoms with Gasteiger partial charge in [0.05, 0.1) is 74.5 Å². The SMILES string of the molecule is c1ccc2c(c1)Cc1c-2ccc2c1-c1c(ccc3c1Cc1cccc4c1N3c1cccnc1C4)C2.c1ccc2c(c1)Cc1c-2ccc2c1-c1c(ccc3c1Cc1cccc4c1N3c1ccncc1C4)C2.c1ccc2c(c1)Cc1c-2ccc2c1-c1c(ccc3c1Cc1cccc4c1N3c1cnccc1C4)C2.c1ccc2c(c1)Cc1c-2ccc2c1-c1c(ccc3c1Cc1cccc4c1N3c1ncccc1C4)C2. The molecule has 0 saturated carbocycles. The van der Waals surface area contributed by atoms with Crippen LogP contribution in [-0.2, 0) is 103 Å². The molecule has 8 aliphatic carbocycles. The predicted octanol–water partition coefficient (Wildman–Crippen LogP) is 30.0. The maximum absolute atomic E-state index is 4.89. The Morgan fingerprint density at radius 1 is 0.150 bits per heavy atom. The summed E-state index contributed by atoms with van der Waals surface area (Å²) in [5.74, 6) is 1.09. The maximum Gasteiger partial charge on any atom is 0.141 e. The fourth-order valence-corrected chi connectivity index (χ4v) is 28.8. The van der Waals surface area contributed by atoms with Crippen molar-refractivity contribution in [2.75, 3.05) is 19.6 Å². The number of fused-ring (bicyclic) bond motifs is 48. The zero-order valence-corrected chi connectivity index (χ0v) is 77.2. The first kappa shape index (κ1) is 76.5. The van der Waals surface area contributed by atoms with E-state index >= 15 is 0 Å². The molecule has 16 aromatic carbocycles. The Bertz CT molecular complexity index is 8090. The third-order valence-electron chi connectivity index (χ3n) is 34.4. The van der Waals surface area contributed by atoms with Crippen LogP contribution in [0.4, 0.5) is 68.4 Å². The monoisotopic (exact) mass is 1780 g/mol. The molecule has 656 valence electrons. The molecule has 16 aliphatic rings. The zero-order chi connectivity index (χ0) is 90.7. The van der Waals surface area contributed by atoms with Crippen molar-refractivity contribution in [3.8, 4) is 89.0 Å². The van der Waals surface area contributed by atoms with Gasteiger partial charge < -0.3 is 14.7 Å². The number of aromatic nitrogens is 4. The van der Waals surface area contributed by atoms with Crippen molar-refractivity contribution in [1.82, 2.24) is 19.9 Å². The molecule has 8 heteroatoms. The largest absolute Gasteiger partial charge is 0.309 e. The average molecular weight is 1790 g/mol. The minimum absolute atomic E-state index is 0.907. The van der Waals surface area contributed by atoms with Gasteiger partial charge in [0, 0.05) is 82.4 Å². The molecule has 0 saturated heterocycles. The Labute approximate surface area is 812 Å². The highest BCUT2D eigenvalue weighted by molar-refractivity contribution is 6.04. The summed E-state index contributed by atoms with van der Waals surface area (Å²) >= 11 is 0. The van der Waals surface area contributed by atoms with Gasteiger partial charge >= 0.3 is 0 Å². The van der Waals surface area contributed by atoms with Gasteiger partial charge in [0.25, 0.3) is 0 Å². The molecule has 4 aromatic heterocycles. The zero-order valence-electron chi connectivity index (χ0n) is 77.2. The van der Waals surface area contributed by atoms with Crippen molar-refractivity contribution in [2.45, 2.75) is 103 Å². The Morgan fingerprint density at radius 2 is 0.443 bits per heavy atom. The van der Waals surface area contributed by atoms with Crippen LogP contribution in [0.5, 0.6) is 0 Å². The van der Waals surface area contributed by atoms with Gasteiger partial charge in [-0.05, 0) is 367 Å². The lowest BCUT2D eigenvalue weighted by atomic mass is 9.83. The van der Waals surface area contributed by atoms with Crippen LogP contribution >= 0.6 is 0 Å². The highest BCUT2D eigenvalue weighted by Crippen LogP contribution is 2.64. The van der Waals surface area contributed by atoms with Crippen molar-refractivity contribution in [3.05, 3.63) is 519 Å². The van der Waals surface area contributed by atoms with Crippen LogP contribution in [-0.4, -0.2) is 19.9 Å². The number of rotatable bonds is 0. The predicted molar refractivity (Wildman–Crippen MR) is 564 cm³/mol. The summed E-state index contributed by atoms with van der Waals surface area (Å²) in [6.45, 7) is 0. The maximum atomic E-state index is 4.89. The molecule has 8 nitrogen and oxygen atoms in total. The standard InChI is InChI=1S/4C33H22N2/c1-2-9-25-19(5-1)17-27-26(25)12-10-20-15-21-11-13-29-28(31(21)30(20)27)18-23-7-3-6-22-16-24-8-4-14-34-33(24)35(29)32(22)23;1-2-8-24-19(5-1)16-26-25(24)12-10-20-15-21-11-13-29-27(32(21)31(20)26)17-22-6-3-7-23-18-28-30(9-4-14-34-28)35(29)33(22)23;1-2-7-25-19(4-1)16-27-26(25)10-8-21-15-22-9-11-29-28(32(22)31(21)27)17-24-6-3-5-23-14-20-12-13-34-18-30(20)35(29)33(23)24;1-2-7-25-19(4-1)16-27-26(25)10-8-20-14-21-9-11-30-28(32(21)31(20)27)17-23-6-3-5-22-15-24-18-34-13-12-29(24)35(30)33(22)23/h2*1-14H,15-18H2;2*1-13,18H,14-17H2. The Hall–Kier alpha value is -16.7. The molecule has 0 fully saturated rings. The van der Waals surface area contributed by atoms with E-state index < -0.39 is 0 Å². The van der Waals surface area contributed by atoms with Crippen LogP contribution in [0.2, 0.25) is 0 Å². The van der Waals surface area contributed by atoms with E-state index in [9.17, 15) is 0 Å².